The van der Waals surface area contributed by atoms with Crippen molar-refractivity contribution in [2.75, 3.05) is 30.4 Å². The van der Waals surface area contributed by atoms with Crippen LogP contribution in [-0.4, -0.2) is 55.3 Å². The summed E-state index contributed by atoms with van der Waals surface area (Å²) in [6, 6.07) is 9.89. The third-order valence-electron chi connectivity index (χ3n) is 9.41. The van der Waals surface area contributed by atoms with Gasteiger partial charge in [0.2, 0.25) is 21.7 Å². The first-order chi connectivity index (χ1) is 25.8. The van der Waals surface area contributed by atoms with E-state index >= 15 is 8.78 Å². The van der Waals surface area contributed by atoms with Crippen LogP contribution in [0.15, 0.2) is 59.8 Å². The van der Waals surface area contributed by atoms with E-state index in [0.29, 0.717) is 17.8 Å². The third kappa shape index (κ3) is 8.15. The molecule has 18 heteroatoms. The minimum absolute atomic E-state index is 0.00994. The van der Waals surface area contributed by atoms with Crippen molar-refractivity contribution in [2.45, 2.75) is 61.7 Å². The van der Waals surface area contributed by atoms with Crippen LogP contribution in [0, 0.1) is 29.1 Å². The number of rotatable bonds is 13. The fourth-order valence-corrected chi connectivity index (χ4v) is 7.78. The summed E-state index contributed by atoms with van der Waals surface area (Å²) in [6.07, 6.45) is -0.104. The van der Waals surface area contributed by atoms with Gasteiger partial charge in [0.25, 0.3) is 0 Å². The lowest BCUT2D eigenvalue weighted by Gasteiger charge is -2.31. The molecule has 4 aromatic rings. The van der Waals surface area contributed by atoms with E-state index in [0.717, 1.165) is 54.0 Å². The van der Waals surface area contributed by atoms with Crippen molar-refractivity contribution in [2.24, 2.45) is 0 Å². The lowest BCUT2D eigenvalue weighted by Crippen LogP contribution is -2.43. The van der Waals surface area contributed by atoms with E-state index in [1.165, 1.54) is 31.1 Å². The second-order valence-corrected chi connectivity index (χ2v) is 15.5. The maximum absolute atomic E-state index is 15.1. The Bertz CT molecular complexity index is 2240. The Hall–Kier alpha value is -5.10. The zero-order chi connectivity index (χ0) is 40.1. The molecule has 0 saturated heterocycles. The molecule has 6 rings (SSSR count). The number of anilines is 2. The van der Waals surface area contributed by atoms with Crippen LogP contribution in [0.1, 0.15) is 75.7 Å². The monoisotopic (exact) mass is 796 g/mol. The van der Waals surface area contributed by atoms with Crippen molar-refractivity contribution in [3.05, 3.63) is 117 Å². The molecule has 0 bridgehead atoms. The lowest BCUT2D eigenvalue weighted by atomic mass is 9.99. The number of hydrogen-bond acceptors (Lipinski definition) is 6. The molecule has 0 aliphatic heterocycles. The number of hydrogen-bond donors (Lipinski definition) is 1. The summed E-state index contributed by atoms with van der Waals surface area (Å²) >= 11 is 0. The fraction of sp³-hybridized carbons (Fsp3) is 0.324. The van der Waals surface area contributed by atoms with Gasteiger partial charge in [-0.15, -0.1) is 0 Å². The average molecular weight is 797 g/mol. The lowest BCUT2D eigenvalue weighted by molar-refractivity contribution is -0.138. The highest BCUT2D eigenvalue weighted by Crippen LogP contribution is 2.46. The van der Waals surface area contributed by atoms with Crippen LogP contribution in [0.2, 0.25) is 0 Å². The van der Waals surface area contributed by atoms with Gasteiger partial charge < -0.3 is 14.9 Å². The summed E-state index contributed by atoms with van der Waals surface area (Å²) in [5.41, 5.74) is 0.137. The van der Waals surface area contributed by atoms with E-state index in [4.69, 9.17) is 0 Å². The molecule has 55 heavy (non-hydrogen) atoms. The maximum Gasteiger partial charge on any atom is 0.416 e. The smallest absolute Gasteiger partial charge is 0.416 e. The van der Waals surface area contributed by atoms with Crippen molar-refractivity contribution < 1.29 is 58.2 Å². The highest BCUT2D eigenvalue weighted by atomic mass is 32.2. The third-order valence-corrected chi connectivity index (χ3v) is 11.2. The minimum atomic E-state index is -6.03. The summed E-state index contributed by atoms with van der Waals surface area (Å²) in [6.45, 7) is -3.24. The van der Waals surface area contributed by atoms with Gasteiger partial charge in [-0.3, -0.25) is 9.78 Å². The summed E-state index contributed by atoms with van der Waals surface area (Å²) in [5, 5.41) is 9.68. The highest BCUT2D eigenvalue weighted by molar-refractivity contribution is 7.89. The normalized spacial score (nSPS) is 14.7. The van der Waals surface area contributed by atoms with Gasteiger partial charge in [-0.2, -0.15) is 17.5 Å². The Morgan fingerprint density at radius 1 is 0.800 bits per heavy atom. The number of carbonyl (C=O) groups excluding carboxylic acids is 1. The fourth-order valence-electron chi connectivity index (χ4n) is 6.30. The van der Waals surface area contributed by atoms with Crippen LogP contribution in [0.25, 0.3) is 0 Å². The predicted octanol–water partition coefficient (Wildman–Crippen LogP) is 7.74. The number of amides is 1. The Labute approximate surface area is 309 Å². The van der Waals surface area contributed by atoms with Gasteiger partial charge in [-0.25, -0.2) is 35.2 Å². The Morgan fingerprint density at radius 2 is 1.36 bits per heavy atom. The van der Waals surface area contributed by atoms with Crippen molar-refractivity contribution >= 4 is 33.3 Å². The van der Waals surface area contributed by atoms with Gasteiger partial charge in [-0.1, -0.05) is 18.2 Å². The number of sulfonamides is 1. The second kappa shape index (κ2) is 14.9. The van der Waals surface area contributed by atoms with E-state index in [1.54, 1.807) is 0 Å². The van der Waals surface area contributed by atoms with Crippen molar-refractivity contribution in [3.8, 4) is 0 Å². The van der Waals surface area contributed by atoms with Crippen LogP contribution >= 0.6 is 0 Å². The standard InChI is InChI=1S/C37H32F8N4O5S/c1-47(2)28-14-22(36(51)52)7-8-27(28)49(16-19-11-23(20-3-4-20)13-24(12-19)21-5-6-21)29(50)18-48(17-25-15-46-10-9-26(25)37(43,44)45)55(53,54)35-33(41)31(39)30(38)32(40)34(35)42/h7-15,20-21H,3-6,16-18H2,1-2H3,(H,51,52). The van der Waals surface area contributed by atoms with Crippen molar-refractivity contribution in [1.82, 2.24) is 9.29 Å². The number of aromatic carboxylic acids is 1. The Morgan fingerprint density at radius 3 is 1.87 bits per heavy atom. The van der Waals surface area contributed by atoms with Gasteiger partial charge in [-0.05, 0) is 84.0 Å². The quantitative estimate of drug-likeness (QED) is 0.0838. The maximum atomic E-state index is 15.1. The molecule has 0 unspecified atom stereocenters. The molecule has 9 nitrogen and oxygen atoms in total. The molecule has 0 radical (unpaired) electrons. The van der Waals surface area contributed by atoms with Crippen molar-refractivity contribution in [1.29, 1.82) is 0 Å². The minimum Gasteiger partial charge on any atom is -0.478 e. The molecule has 2 aliphatic rings. The highest BCUT2D eigenvalue weighted by Gasteiger charge is 2.41. The number of benzene rings is 3. The number of carboxylic acids is 1. The zero-order valence-electron chi connectivity index (χ0n) is 29.1. The summed E-state index contributed by atoms with van der Waals surface area (Å²) in [5.74, 6) is -15.6. The van der Waals surface area contributed by atoms with Gasteiger partial charge in [0.05, 0.1) is 35.6 Å². The molecule has 0 atom stereocenters. The largest absolute Gasteiger partial charge is 0.478 e. The number of nitrogens with zero attached hydrogens (tertiary/aromatic N) is 4. The van der Waals surface area contributed by atoms with E-state index in [1.807, 2.05) is 12.1 Å². The average Bonchev–Trinajstić information content (AvgIpc) is 4.05. The Kier molecular flexibility index (Phi) is 10.7. The van der Waals surface area contributed by atoms with Gasteiger partial charge in [0, 0.05) is 33.0 Å². The van der Waals surface area contributed by atoms with E-state index in [-0.39, 0.29) is 39.6 Å². The number of alkyl halides is 3. The predicted molar refractivity (Wildman–Crippen MR) is 182 cm³/mol. The number of carbonyl (C=O) groups is 2. The van der Waals surface area contributed by atoms with Gasteiger partial charge >= 0.3 is 12.1 Å². The van der Waals surface area contributed by atoms with Gasteiger partial charge in [0.1, 0.15) is 0 Å². The number of pyridine rings is 1. The Balaban J connectivity index is 1.51. The first kappa shape index (κ1) is 39.6. The first-order valence-electron chi connectivity index (χ1n) is 16.8. The molecule has 1 amide bonds. The van der Waals surface area contributed by atoms with Crippen LogP contribution in [0.4, 0.5) is 46.5 Å². The second-order valence-electron chi connectivity index (χ2n) is 13.6. The molecule has 0 spiro atoms. The number of aromatic nitrogens is 1. The SMILES string of the molecule is CN(C)c1cc(C(=O)O)ccc1N(Cc1cc(C2CC2)cc(C2CC2)c1)C(=O)CN(Cc1cnccc1C(F)(F)F)S(=O)(=O)c1c(F)c(F)c(F)c(F)c1F. The first-order valence-corrected chi connectivity index (χ1v) is 18.2. The van der Waals surface area contributed by atoms with E-state index in [9.17, 15) is 49.5 Å². The van der Waals surface area contributed by atoms with Crippen molar-refractivity contribution in [3.63, 3.8) is 0 Å². The molecule has 2 saturated carbocycles. The summed E-state index contributed by atoms with van der Waals surface area (Å²) < 4.78 is 143. The molecular formula is C37H32F8N4O5S. The molecular weight excluding hydrogens is 764 g/mol. The molecule has 292 valence electrons. The molecule has 2 fully saturated rings. The molecule has 1 heterocycles. The number of carboxylic acid groups (broad SMARTS) is 1. The topological polar surface area (TPSA) is 111 Å². The van der Waals surface area contributed by atoms with Crippen LogP contribution in [0.3, 0.4) is 0 Å². The van der Waals surface area contributed by atoms with Crippen LogP contribution in [-0.2, 0) is 34.1 Å². The molecule has 1 N–H and O–H groups in total. The van der Waals surface area contributed by atoms with Crippen LogP contribution < -0.4 is 9.80 Å². The van der Waals surface area contributed by atoms with E-state index in [2.05, 4.69) is 11.1 Å². The van der Waals surface area contributed by atoms with Crippen LogP contribution in [0.5, 0.6) is 0 Å². The van der Waals surface area contributed by atoms with Gasteiger partial charge in [0.15, 0.2) is 28.2 Å². The summed E-state index contributed by atoms with van der Waals surface area (Å²) in [7, 11) is -2.98. The summed E-state index contributed by atoms with van der Waals surface area (Å²) in [4.78, 5) is 30.1. The zero-order valence-corrected chi connectivity index (χ0v) is 29.9. The van der Waals surface area contributed by atoms with E-state index < -0.39 is 86.3 Å². The molecule has 1 aromatic heterocycles. The molecule has 2 aliphatic carbocycles. The number of halogens is 8. The molecule has 3 aromatic carbocycles.